The summed E-state index contributed by atoms with van der Waals surface area (Å²) in [5.41, 5.74) is 3.83. The van der Waals surface area contributed by atoms with Crippen molar-refractivity contribution in [1.29, 1.82) is 0 Å². The number of nitrogens with two attached hydrogens (primary N) is 1. The summed E-state index contributed by atoms with van der Waals surface area (Å²) in [4.78, 5) is 23.0. The molecule has 0 radical (unpaired) electrons. The third-order valence-corrected chi connectivity index (χ3v) is 3.26. The molecule has 2 heterocycles. The monoisotopic (exact) mass is 317 g/mol. The molecule has 1 fully saturated rings. The standard InChI is InChI=1S/C11H15N3O8/c1-21-11(20)5-7(17)4(9(12)19)13-14(5)10-8(18)6(16)3(2-15)22-10/h3,6,8,10,15-18H,2H2,1H3,(H2,12,19)/t3-,6-,8-,10-/m1/s1. The normalized spacial score (nSPS) is 27.8. The van der Waals surface area contributed by atoms with Crippen LogP contribution >= 0.6 is 0 Å². The van der Waals surface area contributed by atoms with Gasteiger partial charge in [-0.15, -0.1) is 0 Å². The maximum atomic E-state index is 11.7. The number of carbonyl (C=O) groups is 2. The highest BCUT2D eigenvalue weighted by atomic mass is 16.6. The van der Waals surface area contributed by atoms with E-state index in [2.05, 4.69) is 9.84 Å². The minimum absolute atomic E-state index is 0.578. The average molecular weight is 317 g/mol. The molecule has 6 N–H and O–H groups in total. The quantitative estimate of drug-likeness (QED) is 0.364. The maximum absolute atomic E-state index is 11.7. The lowest BCUT2D eigenvalue weighted by molar-refractivity contribution is -0.0601. The van der Waals surface area contributed by atoms with Crippen LogP contribution < -0.4 is 5.73 Å². The van der Waals surface area contributed by atoms with Crippen LogP contribution in [0.4, 0.5) is 0 Å². The van der Waals surface area contributed by atoms with Gasteiger partial charge in [0.25, 0.3) is 5.91 Å². The zero-order valence-corrected chi connectivity index (χ0v) is 11.4. The van der Waals surface area contributed by atoms with Crippen molar-refractivity contribution in [3.05, 3.63) is 11.4 Å². The van der Waals surface area contributed by atoms with Crippen molar-refractivity contribution < 1.29 is 39.5 Å². The summed E-state index contributed by atoms with van der Waals surface area (Å²) in [5.74, 6) is -3.01. The third-order valence-electron chi connectivity index (χ3n) is 3.26. The van der Waals surface area contributed by atoms with E-state index in [-0.39, 0.29) is 0 Å². The molecule has 1 aliphatic heterocycles. The number of hydrogen-bond acceptors (Lipinski definition) is 9. The highest BCUT2D eigenvalue weighted by Crippen LogP contribution is 2.33. The molecular weight excluding hydrogens is 302 g/mol. The largest absolute Gasteiger partial charge is 0.503 e. The highest BCUT2D eigenvalue weighted by molar-refractivity contribution is 5.99. The van der Waals surface area contributed by atoms with Crippen LogP contribution in [-0.2, 0) is 9.47 Å². The van der Waals surface area contributed by atoms with E-state index in [1.54, 1.807) is 0 Å². The Morgan fingerprint density at radius 3 is 2.50 bits per heavy atom. The summed E-state index contributed by atoms with van der Waals surface area (Å²) in [7, 11) is 1.03. The molecule has 22 heavy (non-hydrogen) atoms. The Morgan fingerprint density at radius 2 is 2.05 bits per heavy atom. The topological polar surface area (TPSA) is 177 Å². The van der Waals surface area contributed by atoms with Gasteiger partial charge in [0.2, 0.25) is 0 Å². The number of methoxy groups -OCH3 is 1. The van der Waals surface area contributed by atoms with Crippen molar-refractivity contribution in [2.45, 2.75) is 24.5 Å². The molecular formula is C11H15N3O8. The summed E-state index contributed by atoms with van der Waals surface area (Å²) in [6.45, 7) is -0.599. The lowest BCUT2D eigenvalue weighted by Gasteiger charge is -2.16. The number of aromatic hydroxyl groups is 1. The lowest BCUT2D eigenvalue weighted by atomic mass is 10.1. The molecule has 122 valence electrons. The molecule has 0 bridgehead atoms. The molecule has 0 aromatic carbocycles. The van der Waals surface area contributed by atoms with Gasteiger partial charge in [-0.25, -0.2) is 9.48 Å². The van der Waals surface area contributed by atoms with E-state index in [4.69, 9.17) is 15.6 Å². The van der Waals surface area contributed by atoms with E-state index in [1.165, 1.54) is 0 Å². The van der Waals surface area contributed by atoms with Gasteiger partial charge >= 0.3 is 5.97 Å². The molecule has 0 aliphatic carbocycles. The predicted molar refractivity (Wildman–Crippen MR) is 66.8 cm³/mol. The van der Waals surface area contributed by atoms with Crippen molar-refractivity contribution in [1.82, 2.24) is 9.78 Å². The Hall–Kier alpha value is -2.21. The van der Waals surface area contributed by atoms with Gasteiger partial charge in [-0.1, -0.05) is 0 Å². The van der Waals surface area contributed by atoms with Gasteiger partial charge < -0.3 is 35.6 Å². The Kier molecular flexibility index (Phi) is 4.32. The fourth-order valence-electron chi connectivity index (χ4n) is 2.14. The summed E-state index contributed by atoms with van der Waals surface area (Å²) in [5, 5.41) is 42.2. The SMILES string of the molecule is COC(=O)c1c(O)c(C(N)=O)nn1[C@@H]1O[C@H](CO)[C@@H](O)[C@H]1O. The van der Waals surface area contributed by atoms with Gasteiger partial charge in [0.15, 0.2) is 23.4 Å². The average Bonchev–Trinajstić information content (AvgIpc) is 2.97. The molecule has 1 aliphatic rings. The van der Waals surface area contributed by atoms with Gasteiger partial charge in [0.05, 0.1) is 13.7 Å². The fourth-order valence-corrected chi connectivity index (χ4v) is 2.14. The molecule has 1 aromatic rings. The summed E-state index contributed by atoms with van der Waals surface area (Å²) in [6, 6.07) is 0. The van der Waals surface area contributed by atoms with Crippen molar-refractivity contribution in [3.8, 4) is 5.75 Å². The van der Waals surface area contributed by atoms with E-state index < -0.39 is 60.2 Å². The first kappa shape index (κ1) is 16.2. The first-order valence-electron chi connectivity index (χ1n) is 6.15. The number of hydrogen-bond donors (Lipinski definition) is 5. The number of aliphatic hydroxyl groups is 3. The first-order valence-corrected chi connectivity index (χ1v) is 6.15. The lowest BCUT2D eigenvalue weighted by Crippen LogP contribution is -2.33. The van der Waals surface area contributed by atoms with E-state index in [0.29, 0.717) is 4.68 Å². The van der Waals surface area contributed by atoms with Gasteiger partial charge in [0.1, 0.15) is 18.3 Å². The number of rotatable bonds is 4. The number of carbonyl (C=O) groups excluding carboxylic acids is 2. The van der Waals surface area contributed by atoms with Gasteiger partial charge in [-0.2, -0.15) is 5.10 Å². The second-order valence-electron chi connectivity index (χ2n) is 4.58. The fraction of sp³-hybridized carbons (Fsp3) is 0.545. The van der Waals surface area contributed by atoms with Crippen LogP contribution in [0.5, 0.6) is 5.75 Å². The smallest absolute Gasteiger partial charge is 0.360 e. The summed E-state index contributed by atoms with van der Waals surface area (Å²) >= 11 is 0. The van der Waals surface area contributed by atoms with E-state index >= 15 is 0 Å². The molecule has 1 aromatic heterocycles. The van der Waals surface area contributed by atoms with Crippen molar-refractivity contribution in [2.24, 2.45) is 5.73 Å². The Bertz CT molecular complexity index is 600. The van der Waals surface area contributed by atoms with Crippen LogP contribution in [0.1, 0.15) is 27.2 Å². The van der Waals surface area contributed by atoms with E-state index in [0.717, 1.165) is 7.11 Å². The van der Waals surface area contributed by atoms with Crippen LogP contribution in [0, 0.1) is 0 Å². The second kappa shape index (κ2) is 5.88. The molecule has 0 saturated carbocycles. The molecule has 4 atom stereocenters. The molecule has 0 unspecified atom stereocenters. The van der Waals surface area contributed by atoms with Crippen molar-refractivity contribution in [3.63, 3.8) is 0 Å². The zero-order chi connectivity index (χ0) is 16.6. The van der Waals surface area contributed by atoms with Crippen LogP contribution in [0.2, 0.25) is 0 Å². The molecule has 11 nitrogen and oxygen atoms in total. The summed E-state index contributed by atoms with van der Waals surface area (Å²) in [6.07, 6.45) is -5.58. The van der Waals surface area contributed by atoms with Gasteiger partial charge in [-0.05, 0) is 0 Å². The summed E-state index contributed by atoms with van der Waals surface area (Å²) < 4.78 is 10.3. The number of nitrogens with zero attached hydrogens (tertiary/aromatic N) is 2. The maximum Gasteiger partial charge on any atom is 0.360 e. The number of amides is 1. The highest BCUT2D eigenvalue weighted by Gasteiger charge is 2.46. The third kappa shape index (κ3) is 2.39. The molecule has 1 saturated heterocycles. The number of esters is 1. The van der Waals surface area contributed by atoms with Crippen LogP contribution in [0.3, 0.4) is 0 Å². The second-order valence-corrected chi connectivity index (χ2v) is 4.58. The van der Waals surface area contributed by atoms with Gasteiger partial charge in [-0.3, -0.25) is 4.79 Å². The number of primary amides is 1. The minimum atomic E-state index is -1.57. The van der Waals surface area contributed by atoms with Crippen molar-refractivity contribution in [2.75, 3.05) is 13.7 Å². The van der Waals surface area contributed by atoms with Crippen LogP contribution in [0.15, 0.2) is 0 Å². The van der Waals surface area contributed by atoms with Crippen LogP contribution in [0.25, 0.3) is 0 Å². The number of aliphatic hydroxyl groups excluding tert-OH is 3. The number of ether oxygens (including phenoxy) is 2. The zero-order valence-electron chi connectivity index (χ0n) is 11.4. The molecule has 2 rings (SSSR count). The van der Waals surface area contributed by atoms with Crippen LogP contribution in [-0.4, -0.2) is 74.1 Å². The molecule has 11 heteroatoms. The minimum Gasteiger partial charge on any atom is -0.503 e. The number of aromatic nitrogens is 2. The van der Waals surface area contributed by atoms with E-state index in [1.807, 2.05) is 0 Å². The Labute approximate surface area is 123 Å². The van der Waals surface area contributed by atoms with E-state index in [9.17, 15) is 24.9 Å². The Morgan fingerprint density at radius 1 is 1.41 bits per heavy atom. The predicted octanol–water partition coefficient (Wildman–Crippen LogP) is -2.91. The first-order chi connectivity index (χ1) is 10.3. The van der Waals surface area contributed by atoms with Gasteiger partial charge in [0, 0.05) is 0 Å². The molecule has 1 amide bonds. The molecule has 0 spiro atoms. The van der Waals surface area contributed by atoms with Crippen molar-refractivity contribution >= 4 is 11.9 Å². The Balaban J connectivity index is 2.53.